The predicted molar refractivity (Wildman–Crippen MR) is 79.3 cm³/mol. The number of carbonyl (C=O) groups is 1. The lowest BCUT2D eigenvalue weighted by Crippen LogP contribution is -2.42. The lowest BCUT2D eigenvalue weighted by molar-refractivity contribution is -0.137. The van der Waals surface area contributed by atoms with Crippen molar-refractivity contribution in [3.63, 3.8) is 0 Å². The maximum Gasteiger partial charge on any atom is 0.246 e. The molecule has 1 aromatic heterocycles. The minimum absolute atomic E-state index is 0.0877. The highest BCUT2D eigenvalue weighted by molar-refractivity contribution is 5.82. The normalized spacial score (nSPS) is 23.5. The molecule has 6 heteroatoms. The molecule has 2 aliphatic heterocycles. The number of hydrogen-bond acceptors (Lipinski definition) is 4. The second kappa shape index (κ2) is 4.83. The predicted octanol–water partition coefficient (Wildman–Crippen LogP) is 1.81. The van der Waals surface area contributed by atoms with Crippen molar-refractivity contribution in [1.29, 1.82) is 0 Å². The van der Waals surface area contributed by atoms with Crippen LogP contribution in [0.2, 0.25) is 0 Å². The summed E-state index contributed by atoms with van der Waals surface area (Å²) >= 11 is 0. The number of phenolic OH excluding ortho intramolecular Hbond substituents is 1. The minimum atomic E-state index is -0.244. The van der Waals surface area contributed by atoms with E-state index in [2.05, 4.69) is 10.2 Å². The summed E-state index contributed by atoms with van der Waals surface area (Å²) in [6.45, 7) is 2.75. The van der Waals surface area contributed by atoms with Crippen molar-refractivity contribution in [3.05, 3.63) is 41.5 Å². The molecule has 1 saturated heterocycles. The molecule has 3 heterocycles. The van der Waals surface area contributed by atoms with Crippen LogP contribution in [-0.4, -0.2) is 37.2 Å². The van der Waals surface area contributed by atoms with E-state index in [-0.39, 0.29) is 23.7 Å². The largest absolute Gasteiger partial charge is 0.508 e. The molecule has 1 aromatic carbocycles. The van der Waals surface area contributed by atoms with Gasteiger partial charge in [-0.2, -0.15) is 0 Å². The van der Waals surface area contributed by atoms with Crippen LogP contribution in [0.15, 0.2) is 24.3 Å². The zero-order valence-corrected chi connectivity index (χ0v) is 12.4. The summed E-state index contributed by atoms with van der Waals surface area (Å²) in [5.41, 5.74) is 1.04. The monoisotopic (exact) mass is 298 g/mol. The Morgan fingerprint density at radius 3 is 2.82 bits per heavy atom. The standard InChI is InChI=1S/C16H18N4O2/c1-10-16(22)19-8-2-3-13(19)15-18-17-14(20(10)15)9-11-4-6-12(21)7-5-11/h4-7,10,13,21H,2-3,8-9H2,1H3/t10-,13+/m0/s1. The van der Waals surface area contributed by atoms with Crippen LogP contribution in [-0.2, 0) is 11.2 Å². The van der Waals surface area contributed by atoms with E-state index in [1.165, 1.54) is 0 Å². The Bertz CT molecular complexity index is 722. The van der Waals surface area contributed by atoms with Gasteiger partial charge in [-0.3, -0.25) is 4.79 Å². The molecule has 0 unspecified atom stereocenters. The Morgan fingerprint density at radius 2 is 2.05 bits per heavy atom. The zero-order chi connectivity index (χ0) is 15.3. The molecule has 0 spiro atoms. The molecule has 6 nitrogen and oxygen atoms in total. The van der Waals surface area contributed by atoms with Crippen molar-refractivity contribution >= 4 is 5.91 Å². The van der Waals surface area contributed by atoms with Crippen LogP contribution < -0.4 is 0 Å². The second-order valence-electron chi connectivity index (χ2n) is 6.05. The Balaban J connectivity index is 1.71. The fraction of sp³-hybridized carbons (Fsp3) is 0.438. The summed E-state index contributed by atoms with van der Waals surface area (Å²) in [7, 11) is 0. The van der Waals surface area contributed by atoms with Crippen molar-refractivity contribution < 1.29 is 9.90 Å². The van der Waals surface area contributed by atoms with Crippen molar-refractivity contribution in [3.8, 4) is 5.75 Å². The van der Waals surface area contributed by atoms with E-state index in [1.54, 1.807) is 12.1 Å². The Morgan fingerprint density at radius 1 is 1.27 bits per heavy atom. The topological polar surface area (TPSA) is 71.2 Å². The van der Waals surface area contributed by atoms with E-state index in [9.17, 15) is 9.90 Å². The smallest absolute Gasteiger partial charge is 0.246 e. The summed E-state index contributed by atoms with van der Waals surface area (Å²) in [6.07, 6.45) is 2.61. The molecule has 0 bridgehead atoms. The van der Waals surface area contributed by atoms with Gasteiger partial charge in [-0.05, 0) is 37.5 Å². The van der Waals surface area contributed by atoms with Crippen LogP contribution in [0.4, 0.5) is 0 Å². The lowest BCUT2D eigenvalue weighted by atomic mass is 10.1. The third-order valence-electron chi connectivity index (χ3n) is 4.67. The number of rotatable bonds is 2. The highest BCUT2D eigenvalue weighted by Gasteiger charge is 2.42. The Kier molecular flexibility index (Phi) is 2.92. The number of aromatic nitrogens is 3. The van der Waals surface area contributed by atoms with Crippen molar-refractivity contribution in [2.45, 2.75) is 38.3 Å². The second-order valence-corrected chi connectivity index (χ2v) is 6.05. The van der Waals surface area contributed by atoms with Gasteiger partial charge in [0.05, 0.1) is 6.04 Å². The summed E-state index contributed by atoms with van der Waals surface area (Å²) in [5, 5.41) is 18.1. The van der Waals surface area contributed by atoms with Crippen molar-refractivity contribution in [1.82, 2.24) is 19.7 Å². The Hall–Kier alpha value is -2.37. The molecule has 0 radical (unpaired) electrons. The number of aromatic hydroxyl groups is 1. The first-order valence-electron chi connectivity index (χ1n) is 7.67. The van der Waals surface area contributed by atoms with Gasteiger partial charge in [-0.25, -0.2) is 0 Å². The van der Waals surface area contributed by atoms with Crippen LogP contribution in [0.3, 0.4) is 0 Å². The lowest BCUT2D eigenvalue weighted by Gasteiger charge is -2.34. The number of hydrogen-bond donors (Lipinski definition) is 1. The Labute approximate surface area is 128 Å². The number of carbonyl (C=O) groups excluding carboxylic acids is 1. The maximum atomic E-state index is 12.5. The van der Waals surface area contributed by atoms with Crippen molar-refractivity contribution in [2.24, 2.45) is 0 Å². The first kappa shape index (κ1) is 13.3. The van der Waals surface area contributed by atoms with Gasteiger partial charge in [0, 0.05) is 13.0 Å². The molecule has 22 heavy (non-hydrogen) atoms. The van der Waals surface area contributed by atoms with Crippen molar-refractivity contribution in [2.75, 3.05) is 6.54 Å². The van der Waals surface area contributed by atoms with E-state index in [1.807, 2.05) is 28.5 Å². The summed E-state index contributed by atoms with van der Waals surface area (Å²) in [5.74, 6) is 2.14. The number of benzene rings is 1. The number of phenols is 1. The fourth-order valence-corrected chi connectivity index (χ4v) is 3.55. The van der Waals surface area contributed by atoms with Gasteiger partial charge < -0.3 is 14.6 Å². The zero-order valence-electron chi connectivity index (χ0n) is 12.4. The average molecular weight is 298 g/mol. The molecule has 114 valence electrons. The van der Waals surface area contributed by atoms with Gasteiger partial charge in [0.2, 0.25) is 5.91 Å². The SMILES string of the molecule is C[C@H]1C(=O)N2CCC[C@@H]2c2nnc(Cc3ccc(O)cc3)n21. The molecule has 4 rings (SSSR count). The van der Waals surface area contributed by atoms with Crippen LogP contribution in [0.25, 0.3) is 0 Å². The molecule has 1 amide bonds. The summed E-state index contributed by atoms with van der Waals surface area (Å²) in [6, 6.07) is 6.91. The molecular weight excluding hydrogens is 280 g/mol. The molecule has 2 aromatic rings. The first-order valence-corrected chi connectivity index (χ1v) is 7.67. The average Bonchev–Trinajstić information content (AvgIpc) is 3.14. The van der Waals surface area contributed by atoms with Gasteiger partial charge in [0.1, 0.15) is 17.6 Å². The van der Waals surface area contributed by atoms with Crippen LogP contribution in [0.5, 0.6) is 5.75 Å². The van der Waals surface area contributed by atoms with E-state index in [0.29, 0.717) is 6.42 Å². The van der Waals surface area contributed by atoms with Gasteiger partial charge in [-0.15, -0.1) is 10.2 Å². The van der Waals surface area contributed by atoms with Crippen LogP contribution in [0, 0.1) is 0 Å². The highest BCUT2D eigenvalue weighted by atomic mass is 16.3. The third kappa shape index (κ3) is 1.90. The fourth-order valence-electron chi connectivity index (χ4n) is 3.55. The van der Waals surface area contributed by atoms with Gasteiger partial charge in [0.15, 0.2) is 5.82 Å². The van der Waals surface area contributed by atoms with E-state index in [4.69, 9.17) is 0 Å². The highest BCUT2D eigenvalue weighted by Crippen LogP contribution is 2.38. The van der Waals surface area contributed by atoms with E-state index in [0.717, 1.165) is 36.6 Å². The summed E-state index contributed by atoms with van der Waals surface area (Å²) < 4.78 is 2.00. The maximum absolute atomic E-state index is 12.5. The first-order chi connectivity index (χ1) is 10.6. The van der Waals surface area contributed by atoms with Crippen LogP contribution in [0.1, 0.15) is 49.1 Å². The molecule has 1 N–H and O–H groups in total. The van der Waals surface area contributed by atoms with Gasteiger partial charge in [-0.1, -0.05) is 12.1 Å². The van der Waals surface area contributed by atoms with E-state index >= 15 is 0 Å². The summed E-state index contributed by atoms with van der Waals surface area (Å²) in [4.78, 5) is 14.5. The third-order valence-corrected chi connectivity index (χ3v) is 4.67. The number of fused-ring (bicyclic) bond motifs is 3. The molecule has 0 aliphatic carbocycles. The molecule has 1 fully saturated rings. The molecular formula is C16H18N4O2. The van der Waals surface area contributed by atoms with Crippen LogP contribution >= 0.6 is 0 Å². The quantitative estimate of drug-likeness (QED) is 0.918. The van der Waals surface area contributed by atoms with E-state index < -0.39 is 0 Å². The molecule has 2 atom stereocenters. The van der Waals surface area contributed by atoms with Gasteiger partial charge in [0.25, 0.3) is 0 Å². The number of nitrogens with zero attached hydrogens (tertiary/aromatic N) is 4. The molecule has 2 aliphatic rings. The number of amides is 1. The van der Waals surface area contributed by atoms with Gasteiger partial charge >= 0.3 is 0 Å². The minimum Gasteiger partial charge on any atom is -0.508 e. The molecule has 0 saturated carbocycles.